The highest BCUT2D eigenvalue weighted by Crippen LogP contribution is 2.25. The van der Waals surface area contributed by atoms with Gasteiger partial charge in [0, 0.05) is 23.7 Å². The van der Waals surface area contributed by atoms with Crippen molar-refractivity contribution in [3.63, 3.8) is 0 Å². The van der Waals surface area contributed by atoms with Crippen molar-refractivity contribution >= 4 is 23.2 Å². The van der Waals surface area contributed by atoms with Gasteiger partial charge in [-0.2, -0.15) is 0 Å². The van der Waals surface area contributed by atoms with Gasteiger partial charge < -0.3 is 9.32 Å². The van der Waals surface area contributed by atoms with Crippen LogP contribution >= 0.6 is 11.6 Å². The number of hydrogen-bond donors (Lipinski definition) is 0. The Hall–Kier alpha value is -3.26. The van der Waals surface area contributed by atoms with Gasteiger partial charge in [-0.1, -0.05) is 29.3 Å². The fourth-order valence-electron chi connectivity index (χ4n) is 2.45. The molecule has 0 unspecified atom stereocenters. The number of nitro benzene ring substituents is 1. The Kier molecular flexibility index (Phi) is 5.18. The zero-order valence-corrected chi connectivity index (χ0v) is 15.3. The molecule has 3 aromatic rings. The molecule has 0 atom stereocenters. The minimum Gasteiger partial charge on any atom is -0.419 e. The Morgan fingerprint density at radius 2 is 1.93 bits per heavy atom. The fraction of sp³-hybridized carbons (Fsp3) is 0.167. The summed E-state index contributed by atoms with van der Waals surface area (Å²) in [5.74, 6) is 0.00909. The van der Waals surface area contributed by atoms with E-state index in [0.29, 0.717) is 5.89 Å². The molecule has 2 aromatic carbocycles. The Bertz CT molecular complexity index is 1000. The van der Waals surface area contributed by atoms with Crippen molar-refractivity contribution in [2.45, 2.75) is 13.5 Å². The first-order valence-electron chi connectivity index (χ1n) is 7.94. The van der Waals surface area contributed by atoms with Crippen LogP contribution in [0, 0.1) is 17.0 Å². The SMILES string of the molecule is Cc1ccc(-c2nnc(CN(C)C(=O)c3ccc(Cl)cc3[N+](=O)[O-])o2)cc1. The molecule has 1 aromatic heterocycles. The Morgan fingerprint density at radius 1 is 1.22 bits per heavy atom. The summed E-state index contributed by atoms with van der Waals surface area (Å²) < 4.78 is 5.59. The third kappa shape index (κ3) is 4.12. The first-order chi connectivity index (χ1) is 12.8. The summed E-state index contributed by atoms with van der Waals surface area (Å²) in [6.07, 6.45) is 0. The highest BCUT2D eigenvalue weighted by Gasteiger charge is 2.24. The van der Waals surface area contributed by atoms with Crippen LogP contribution in [0.2, 0.25) is 5.02 Å². The van der Waals surface area contributed by atoms with E-state index in [1.807, 2.05) is 31.2 Å². The number of amides is 1. The van der Waals surface area contributed by atoms with E-state index in [9.17, 15) is 14.9 Å². The van der Waals surface area contributed by atoms with E-state index in [4.69, 9.17) is 16.0 Å². The number of aromatic nitrogens is 2. The molecule has 0 N–H and O–H groups in total. The van der Waals surface area contributed by atoms with Crippen LogP contribution in [-0.2, 0) is 6.54 Å². The molecule has 0 spiro atoms. The number of benzene rings is 2. The second-order valence-electron chi connectivity index (χ2n) is 5.95. The Balaban J connectivity index is 1.78. The zero-order chi connectivity index (χ0) is 19.6. The van der Waals surface area contributed by atoms with E-state index in [-0.39, 0.29) is 28.7 Å². The first-order valence-corrected chi connectivity index (χ1v) is 8.32. The number of carbonyl (C=O) groups is 1. The largest absolute Gasteiger partial charge is 0.419 e. The second-order valence-corrected chi connectivity index (χ2v) is 6.38. The lowest BCUT2D eigenvalue weighted by Crippen LogP contribution is -2.27. The third-order valence-electron chi connectivity index (χ3n) is 3.87. The molecule has 0 fully saturated rings. The fourth-order valence-corrected chi connectivity index (χ4v) is 2.61. The number of nitro groups is 1. The molecule has 0 aliphatic rings. The molecule has 0 saturated heterocycles. The van der Waals surface area contributed by atoms with Crippen molar-refractivity contribution < 1.29 is 14.1 Å². The molecule has 8 nitrogen and oxygen atoms in total. The van der Waals surface area contributed by atoms with Gasteiger partial charge in [-0.05, 0) is 31.2 Å². The van der Waals surface area contributed by atoms with Gasteiger partial charge in [-0.3, -0.25) is 14.9 Å². The number of hydrogen-bond acceptors (Lipinski definition) is 6. The van der Waals surface area contributed by atoms with Gasteiger partial charge in [0.25, 0.3) is 11.6 Å². The van der Waals surface area contributed by atoms with Gasteiger partial charge in [0.15, 0.2) is 0 Å². The van der Waals surface area contributed by atoms with Crippen molar-refractivity contribution in [3.8, 4) is 11.5 Å². The molecule has 1 amide bonds. The van der Waals surface area contributed by atoms with E-state index >= 15 is 0 Å². The van der Waals surface area contributed by atoms with Crippen LogP contribution in [0.1, 0.15) is 21.8 Å². The van der Waals surface area contributed by atoms with Gasteiger partial charge in [0.1, 0.15) is 5.56 Å². The average Bonchev–Trinajstić information content (AvgIpc) is 3.10. The quantitative estimate of drug-likeness (QED) is 0.487. The van der Waals surface area contributed by atoms with E-state index in [1.54, 1.807) is 0 Å². The summed E-state index contributed by atoms with van der Waals surface area (Å²) in [4.78, 5) is 24.4. The zero-order valence-electron chi connectivity index (χ0n) is 14.5. The van der Waals surface area contributed by atoms with Crippen molar-refractivity contribution in [1.29, 1.82) is 0 Å². The lowest BCUT2D eigenvalue weighted by atomic mass is 10.1. The normalized spacial score (nSPS) is 10.6. The third-order valence-corrected chi connectivity index (χ3v) is 4.11. The molecule has 0 bridgehead atoms. The van der Waals surface area contributed by atoms with Crippen LogP contribution in [0.5, 0.6) is 0 Å². The van der Waals surface area contributed by atoms with Crippen LogP contribution in [0.15, 0.2) is 46.9 Å². The smallest absolute Gasteiger partial charge is 0.283 e. The second kappa shape index (κ2) is 7.55. The van der Waals surface area contributed by atoms with Gasteiger partial charge in [0.2, 0.25) is 11.8 Å². The van der Waals surface area contributed by atoms with Crippen LogP contribution in [-0.4, -0.2) is 33.0 Å². The predicted molar refractivity (Wildman–Crippen MR) is 98.4 cm³/mol. The number of halogens is 1. The van der Waals surface area contributed by atoms with Crippen LogP contribution in [0.3, 0.4) is 0 Å². The standard InChI is InChI=1S/C18H15ClN4O4/c1-11-3-5-12(6-4-11)17-21-20-16(27-17)10-22(2)18(24)14-8-7-13(19)9-15(14)23(25)26/h3-9H,10H2,1-2H3. The van der Waals surface area contributed by atoms with E-state index in [2.05, 4.69) is 10.2 Å². The van der Waals surface area contributed by atoms with Crippen LogP contribution in [0.4, 0.5) is 5.69 Å². The topological polar surface area (TPSA) is 102 Å². The lowest BCUT2D eigenvalue weighted by Gasteiger charge is -2.15. The first kappa shape index (κ1) is 18.5. The highest BCUT2D eigenvalue weighted by atomic mass is 35.5. The van der Waals surface area contributed by atoms with Gasteiger partial charge in [0.05, 0.1) is 11.5 Å². The molecule has 0 saturated carbocycles. The number of nitrogens with zero attached hydrogens (tertiary/aromatic N) is 4. The molecular weight excluding hydrogens is 372 g/mol. The van der Waals surface area contributed by atoms with Gasteiger partial charge >= 0.3 is 0 Å². The molecule has 0 radical (unpaired) electrons. The molecule has 9 heteroatoms. The number of aryl methyl sites for hydroxylation is 1. The molecule has 0 aliphatic carbocycles. The van der Waals surface area contributed by atoms with Crippen molar-refractivity contribution in [2.24, 2.45) is 0 Å². The molecule has 0 aliphatic heterocycles. The number of rotatable bonds is 5. The average molecular weight is 387 g/mol. The monoisotopic (exact) mass is 386 g/mol. The van der Waals surface area contributed by atoms with E-state index in [1.165, 1.54) is 24.1 Å². The molecule has 138 valence electrons. The van der Waals surface area contributed by atoms with Crippen LogP contribution in [0.25, 0.3) is 11.5 Å². The van der Waals surface area contributed by atoms with Crippen molar-refractivity contribution in [3.05, 3.63) is 74.6 Å². The molecule has 27 heavy (non-hydrogen) atoms. The summed E-state index contributed by atoms with van der Waals surface area (Å²) in [5, 5.41) is 19.3. The Morgan fingerprint density at radius 3 is 2.59 bits per heavy atom. The molecule has 3 rings (SSSR count). The summed E-state index contributed by atoms with van der Waals surface area (Å²) in [6, 6.07) is 11.5. The summed E-state index contributed by atoms with van der Waals surface area (Å²) in [5.41, 5.74) is 1.45. The van der Waals surface area contributed by atoms with E-state index in [0.717, 1.165) is 17.2 Å². The van der Waals surface area contributed by atoms with E-state index < -0.39 is 10.8 Å². The van der Waals surface area contributed by atoms with Gasteiger partial charge in [-0.25, -0.2) is 0 Å². The minimum atomic E-state index is -0.644. The van der Waals surface area contributed by atoms with Crippen molar-refractivity contribution in [2.75, 3.05) is 7.05 Å². The maximum Gasteiger partial charge on any atom is 0.283 e. The summed E-state index contributed by atoms with van der Waals surface area (Å²) in [6.45, 7) is 1.98. The Labute approximate surface area is 159 Å². The van der Waals surface area contributed by atoms with Crippen LogP contribution < -0.4 is 0 Å². The maximum absolute atomic E-state index is 12.6. The minimum absolute atomic E-state index is 0.0114. The van der Waals surface area contributed by atoms with Crippen molar-refractivity contribution in [1.82, 2.24) is 15.1 Å². The molecular formula is C18H15ClN4O4. The number of carbonyl (C=O) groups excluding carboxylic acids is 1. The predicted octanol–water partition coefficient (Wildman–Crippen LogP) is 3.88. The lowest BCUT2D eigenvalue weighted by molar-refractivity contribution is -0.385. The summed E-state index contributed by atoms with van der Waals surface area (Å²) >= 11 is 5.78. The van der Waals surface area contributed by atoms with Gasteiger partial charge in [-0.15, -0.1) is 10.2 Å². The highest BCUT2D eigenvalue weighted by molar-refractivity contribution is 6.31. The molecule has 1 heterocycles. The summed E-state index contributed by atoms with van der Waals surface area (Å²) in [7, 11) is 1.50. The maximum atomic E-state index is 12.6.